The van der Waals surface area contributed by atoms with Crippen molar-refractivity contribution < 1.29 is 0 Å². The summed E-state index contributed by atoms with van der Waals surface area (Å²) in [4.78, 5) is 7.35. The molecule has 0 amide bonds. The minimum absolute atomic E-state index is 0.0754. The minimum atomic E-state index is -0.0754. The van der Waals surface area contributed by atoms with Crippen LogP contribution in [0, 0.1) is 0 Å². The fourth-order valence-electron chi connectivity index (χ4n) is 2.48. The Hall–Kier alpha value is -2.18. The van der Waals surface area contributed by atoms with Gasteiger partial charge in [0.15, 0.2) is 0 Å². The molecule has 0 aliphatic carbocycles. The van der Waals surface area contributed by atoms with Crippen LogP contribution in [0.1, 0.15) is 24.5 Å². The van der Waals surface area contributed by atoms with Crippen LogP contribution in [0.25, 0.3) is 10.9 Å². The van der Waals surface area contributed by atoms with Gasteiger partial charge in [0.2, 0.25) is 0 Å². The van der Waals surface area contributed by atoms with Gasteiger partial charge in [0.25, 0.3) is 0 Å². The monoisotopic (exact) mass is 270 g/mol. The molecule has 3 aromatic rings. The maximum atomic E-state index is 5.65. The number of nitrogens with one attached hydrogen (secondary N) is 2. The van der Waals surface area contributed by atoms with Crippen LogP contribution in [-0.4, -0.2) is 19.7 Å². The van der Waals surface area contributed by atoms with Crippen LogP contribution < -0.4 is 11.3 Å². The molecule has 0 fully saturated rings. The summed E-state index contributed by atoms with van der Waals surface area (Å²) < 4.78 is 2.01. The number of rotatable bonds is 5. The van der Waals surface area contributed by atoms with E-state index in [0.29, 0.717) is 6.42 Å². The number of fused-ring (bicyclic) bond motifs is 1. The lowest BCUT2D eigenvalue weighted by atomic mass is 10.1. The van der Waals surface area contributed by atoms with Crippen molar-refractivity contribution in [1.29, 1.82) is 0 Å². The lowest BCUT2D eigenvalue weighted by molar-refractivity contribution is 0.517. The van der Waals surface area contributed by atoms with E-state index in [1.54, 1.807) is 12.4 Å². The Morgan fingerprint density at radius 1 is 1.40 bits per heavy atom. The number of aromatic amines is 1. The summed E-state index contributed by atoms with van der Waals surface area (Å²) in [5.41, 5.74) is 4.98. The molecule has 0 aliphatic rings. The molecule has 6 nitrogen and oxygen atoms in total. The van der Waals surface area contributed by atoms with E-state index in [2.05, 4.69) is 39.5 Å². The van der Waals surface area contributed by atoms with Crippen molar-refractivity contribution in [3.05, 3.63) is 48.2 Å². The van der Waals surface area contributed by atoms with Crippen molar-refractivity contribution in [3.63, 3.8) is 0 Å². The first-order valence-electron chi connectivity index (χ1n) is 6.73. The molecular weight excluding hydrogens is 252 g/mol. The molecule has 3 rings (SSSR count). The Morgan fingerprint density at radius 3 is 2.95 bits per heavy atom. The van der Waals surface area contributed by atoms with Gasteiger partial charge in [0, 0.05) is 30.7 Å². The molecule has 0 saturated heterocycles. The third kappa shape index (κ3) is 2.19. The number of nitrogens with zero attached hydrogens (tertiary/aromatic N) is 3. The molecule has 6 heteroatoms. The quantitative estimate of drug-likeness (QED) is 0.485. The largest absolute Gasteiger partial charge is 0.347 e. The van der Waals surface area contributed by atoms with Crippen molar-refractivity contribution in [3.8, 4) is 0 Å². The smallest absolute Gasteiger partial charge is 0.124 e. The fourth-order valence-corrected chi connectivity index (χ4v) is 2.48. The number of para-hydroxylation sites is 1. The first-order chi connectivity index (χ1) is 9.83. The average Bonchev–Trinajstić information content (AvgIpc) is 3.13. The second-order valence-corrected chi connectivity index (χ2v) is 4.68. The Bertz CT molecular complexity index is 685. The highest BCUT2D eigenvalue weighted by atomic mass is 15.3. The first kappa shape index (κ1) is 12.8. The number of hydrogen-bond acceptors (Lipinski definition) is 4. The third-order valence-corrected chi connectivity index (χ3v) is 3.48. The highest BCUT2D eigenvalue weighted by molar-refractivity contribution is 5.82. The number of nitrogens with two attached hydrogens (primary N) is 1. The van der Waals surface area contributed by atoms with Crippen molar-refractivity contribution in [1.82, 2.24) is 25.2 Å². The van der Waals surface area contributed by atoms with Crippen LogP contribution in [0.3, 0.4) is 0 Å². The number of imidazole rings is 1. The van der Waals surface area contributed by atoms with E-state index in [4.69, 9.17) is 5.84 Å². The summed E-state index contributed by atoms with van der Waals surface area (Å²) in [5, 5.41) is 5.85. The van der Waals surface area contributed by atoms with Gasteiger partial charge in [-0.3, -0.25) is 10.5 Å². The van der Waals surface area contributed by atoms with E-state index in [1.165, 1.54) is 5.39 Å². The van der Waals surface area contributed by atoms with E-state index in [0.717, 1.165) is 23.6 Å². The molecule has 20 heavy (non-hydrogen) atoms. The number of hydrazine groups is 1. The summed E-state index contributed by atoms with van der Waals surface area (Å²) >= 11 is 0. The third-order valence-electron chi connectivity index (χ3n) is 3.48. The van der Waals surface area contributed by atoms with Gasteiger partial charge in [-0.1, -0.05) is 18.2 Å². The standard InChI is InChI=1S/C14H18N6/c1-2-20-13-6-4-3-5-10(13)11(19-20)9-12(18-15)14-16-7-8-17-14/h3-8,12,18H,2,9,15H2,1H3,(H,16,17). The molecule has 0 saturated carbocycles. The summed E-state index contributed by atoms with van der Waals surface area (Å²) in [6.45, 7) is 2.94. The van der Waals surface area contributed by atoms with Gasteiger partial charge >= 0.3 is 0 Å². The molecule has 0 aliphatic heterocycles. The molecule has 2 aromatic heterocycles. The van der Waals surface area contributed by atoms with Crippen LogP contribution in [0.5, 0.6) is 0 Å². The minimum Gasteiger partial charge on any atom is -0.347 e. The van der Waals surface area contributed by atoms with E-state index in [9.17, 15) is 0 Å². The van der Waals surface area contributed by atoms with E-state index < -0.39 is 0 Å². The molecule has 1 aromatic carbocycles. The number of benzene rings is 1. The number of aryl methyl sites for hydroxylation is 1. The molecule has 2 heterocycles. The second kappa shape index (κ2) is 5.44. The highest BCUT2D eigenvalue weighted by Crippen LogP contribution is 2.22. The Kier molecular flexibility index (Phi) is 3.49. The fraction of sp³-hybridized carbons (Fsp3) is 0.286. The van der Waals surface area contributed by atoms with Crippen LogP contribution in [-0.2, 0) is 13.0 Å². The molecule has 0 spiro atoms. The van der Waals surface area contributed by atoms with Gasteiger partial charge in [0.1, 0.15) is 5.82 Å². The Morgan fingerprint density at radius 2 is 2.25 bits per heavy atom. The summed E-state index contributed by atoms with van der Waals surface area (Å²) in [6.07, 6.45) is 4.21. The predicted octanol–water partition coefficient (Wildman–Crippen LogP) is 1.53. The van der Waals surface area contributed by atoms with E-state index in [-0.39, 0.29) is 6.04 Å². The lowest BCUT2D eigenvalue weighted by Gasteiger charge is -2.11. The second-order valence-electron chi connectivity index (χ2n) is 4.68. The maximum absolute atomic E-state index is 5.65. The van der Waals surface area contributed by atoms with Crippen LogP contribution in [0.2, 0.25) is 0 Å². The van der Waals surface area contributed by atoms with Gasteiger partial charge in [0.05, 0.1) is 17.3 Å². The SMILES string of the molecule is CCn1nc(CC(NN)c2ncc[nH]2)c2ccccc21. The van der Waals surface area contributed by atoms with Crippen LogP contribution in [0.4, 0.5) is 0 Å². The topological polar surface area (TPSA) is 84.6 Å². The number of hydrogen-bond donors (Lipinski definition) is 3. The summed E-state index contributed by atoms with van der Waals surface area (Å²) in [6, 6.07) is 8.18. The molecule has 0 bridgehead atoms. The number of H-pyrrole nitrogens is 1. The molecule has 1 atom stereocenters. The van der Waals surface area contributed by atoms with Gasteiger partial charge < -0.3 is 4.98 Å². The van der Waals surface area contributed by atoms with Crippen molar-refractivity contribution in [2.45, 2.75) is 25.9 Å². The normalized spacial score (nSPS) is 12.9. The molecule has 104 valence electrons. The number of aromatic nitrogens is 4. The average molecular weight is 270 g/mol. The maximum Gasteiger partial charge on any atom is 0.124 e. The molecule has 4 N–H and O–H groups in total. The van der Waals surface area contributed by atoms with E-state index >= 15 is 0 Å². The predicted molar refractivity (Wildman–Crippen MR) is 77.8 cm³/mol. The highest BCUT2D eigenvalue weighted by Gasteiger charge is 2.17. The van der Waals surface area contributed by atoms with Crippen molar-refractivity contribution >= 4 is 10.9 Å². The van der Waals surface area contributed by atoms with Gasteiger partial charge in [-0.2, -0.15) is 5.10 Å². The summed E-state index contributed by atoms with van der Waals surface area (Å²) in [7, 11) is 0. The van der Waals surface area contributed by atoms with Crippen molar-refractivity contribution in [2.24, 2.45) is 5.84 Å². The van der Waals surface area contributed by atoms with E-state index in [1.807, 2.05) is 16.8 Å². The Labute approximate surface area is 117 Å². The van der Waals surface area contributed by atoms with Crippen LogP contribution >= 0.6 is 0 Å². The zero-order valence-electron chi connectivity index (χ0n) is 11.4. The zero-order chi connectivity index (χ0) is 13.9. The molecular formula is C14H18N6. The first-order valence-corrected chi connectivity index (χ1v) is 6.73. The lowest BCUT2D eigenvalue weighted by Crippen LogP contribution is -2.30. The van der Waals surface area contributed by atoms with Crippen LogP contribution in [0.15, 0.2) is 36.7 Å². The van der Waals surface area contributed by atoms with Gasteiger partial charge in [-0.05, 0) is 13.0 Å². The molecule has 0 radical (unpaired) electrons. The van der Waals surface area contributed by atoms with Crippen molar-refractivity contribution in [2.75, 3.05) is 0 Å². The van der Waals surface area contributed by atoms with Gasteiger partial charge in [-0.25, -0.2) is 10.4 Å². The molecule has 1 unspecified atom stereocenters. The Balaban J connectivity index is 1.98. The van der Waals surface area contributed by atoms with Gasteiger partial charge in [-0.15, -0.1) is 0 Å². The zero-order valence-corrected chi connectivity index (χ0v) is 11.4. The summed E-state index contributed by atoms with van der Waals surface area (Å²) in [5.74, 6) is 6.47.